The molecule has 0 N–H and O–H groups in total. The molecule has 0 amide bonds. The molecule has 3 nitrogen and oxygen atoms in total. The molecule has 27 heavy (non-hydrogen) atoms. The Morgan fingerprint density at radius 2 is 1.70 bits per heavy atom. The highest BCUT2D eigenvalue weighted by Gasteiger charge is 2.38. The Morgan fingerprint density at radius 1 is 1.15 bits per heavy atom. The fourth-order valence-corrected chi connectivity index (χ4v) is 4.50. The van der Waals surface area contributed by atoms with E-state index in [0.29, 0.717) is 0 Å². The molecule has 0 unspecified atom stereocenters. The minimum Gasteiger partial charge on any atom is -0.490 e. The first-order valence-electron chi connectivity index (χ1n) is 9.80. The summed E-state index contributed by atoms with van der Waals surface area (Å²) in [5, 5.41) is 0.799. The summed E-state index contributed by atoms with van der Waals surface area (Å²) in [5.74, 6) is 1.19. The van der Waals surface area contributed by atoms with Gasteiger partial charge in [0.15, 0.2) is 5.12 Å². The van der Waals surface area contributed by atoms with Crippen LogP contribution >= 0.6 is 24.2 Å². The molecule has 0 saturated heterocycles. The van der Waals surface area contributed by atoms with E-state index in [1.54, 1.807) is 0 Å². The molecule has 0 aromatic heterocycles. The van der Waals surface area contributed by atoms with Gasteiger partial charge >= 0.3 is 0 Å². The molecule has 2 aliphatic carbocycles. The third-order valence-corrected chi connectivity index (χ3v) is 6.43. The third-order valence-electron chi connectivity index (χ3n) is 5.66. The van der Waals surface area contributed by atoms with E-state index in [0.717, 1.165) is 29.2 Å². The normalized spacial score (nSPS) is 23.5. The summed E-state index contributed by atoms with van der Waals surface area (Å²) in [6.07, 6.45) is 7.91. The van der Waals surface area contributed by atoms with Crippen molar-refractivity contribution >= 4 is 35.1 Å². The van der Waals surface area contributed by atoms with Crippen LogP contribution in [0.3, 0.4) is 0 Å². The van der Waals surface area contributed by atoms with Crippen molar-refractivity contribution in [3.63, 3.8) is 0 Å². The second kappa shape index (κ2) is 9.47. The lowest BCUT2D eigenvalue weighted by Crippen LogP contribution is -2.37. The molecule has 2 aliphatic rings. The number of ketones is 1. The largest absolute Gasteiger partial charge is 0.490 e. The van der Waals surface area contributed by atoms with Crippen LogP contribution in [-0.4, -0.2) is 17.0 Å². The molecule has 1 aromatic carbocycles. The van der Waals surface area contributed by atoms with Crippen molar-refractivity contribution in [3.05, 3.63) is 28.3 Å². The van der Waals surface area contributed by atoms with Crippen LogP contribution in [0.1, 0.15) is 76.8 Å². The lowest BCUT2D eigenvalue weighted by atomic mass is 9.69. The first kappa shape index (κ1) is 22.3. The molecule has 0 radical (unpaired) electrons. The van der Waals surface area contributed by atoms with E-state index in [9.17, 15) is 9.59 Å². The molecule has 0 aliphatic heterocycles. The Kier molecular flexibility index (Phi) is 7.82. The molecule has 1 aromatic rings. The van der Waals surface area contributed by atoms with Gasteiger partial charge in [0.1, 0.15) is 17.6 Å². The number of hydrogen-bond donors (Lipinski definition) is 1. The van der Waals surface area contributed by atoms with Gasteiger partial charge in [0, 0.05) is 16.5 Å². The lowest BCUT2D eigenvalue weighted by Gasteiger charge is -2.39. The summed E-state index contributed by atoms with van der Waals surface area (Å²) in [4.78, 5) is 20.7. The average Bonchev–Trinajstić information content (AvgIpc) is 2.53. The number of halogens is 1. The van der Waals surface area contributed by atoms with E-state index < -0.39 is 0 Å². The van der Waals surface area contributed by atoms with Crippen LogP contribution in [0.2, 0.25) is 5.02 Å². The maximum Gasteiger partial charge on any atom is 0.189 e. The van der Waals surface area contributed by atoms with E-state index in [2.05, 4.69) is 26.5 Å². The lowest BCUT2D eigenvalue weighted by molar-refractivity contribution is -0.119. The Morgan fingerprint density at radius 3 is 2.22 bits per heavy atom. The summed E-state index contributed by atoms with van der Waals surface area (Å²) in [6.45, 7) is 7.50. The number of hydrogen-bond acceptors (Lipinski definition) is 3. The zero-order chi connectivity index (χ0) is 20.2. The number of rotatable bonds is 4. The van der Waals surface area contributed by atoms with Gasteiger partial charge in [-0.25, -0.2) is 0 Å². The Hall–Kier alpha value is -1.00. The fraction of sp³-hybridized carbons (Fsp3) is 0.636. The maximum atomic E-state index is 11.3. The molecule has 150 valence electrons. The van der Waals surface area contributed by atoms with E-state index in [1.807, 2.05) is 12.1 Å². The van der Waals surface area contributed by atoms with Gasteiger partial charge in [0.05, 0.1) is 0 Å². The van der Waals surface area contributed by atoms with Crippen molar-refractivity contribution in [2.75, 3.05) is 0 Å². The minimum atomic E-state index is -0.0170. The number of benzene rings is 1. The zero-order valence-corrected chi connectivity index (χ0v) is 18.5. The van der Waals surface area contributed by atoms with E-state index in [1.165, 1.54) is 51.5 Å². The highest BCUT2D eigenvalue weighted by molar-refractivity contribution is 7.96. The van der Waals surface area contributed by atoms with Crippen molar-refractivity contribution in [2.45, 2.75) is 84.2 Å². The van der Waals surface area contributed by atoms with Gasteiger partial charge in [0.2, 0.25) is 0 Å². The van der Waals surface area contributed by atoms with E-state index in [4.69, 9.17) is 16.3 Å². The van der Waals surface area contributed by atoms with Crippen molar-refractivity contribution in [2.24, 2.45) is 5.92 Å². The first-order chi connectivity index (χ1) is 12.6. The highest BCUT2D eigenvalue weighted by atomic mass is 35.5. The van der Waals surface area contributed by atoms with Gasteiger partial charge in [-0.3, -0.25) is 4.79 Å². The van der Waals surface area contributed by atoms with Crippen LogP contribution in [0.25, 0.3) is 0 Å². The van der Waals surface area contributed by atoms with Gasteiger partial charge < -0.3 is 9.53 Å². The SMILES string of the molecule is CC(C)=O.Cc1c(Cl)ccc(OC2CC(C(=O)S)C2)c1C1(C)CCCCC1. The van der Waals surface area contributed by atoms with Crippen molar-refractivity contribution in [3.8, 4) is 5.75 Å². The molecule has 0 atom stereocenters. The Balaban J connectivity index is 0.000000596. The highest BCUT2D eigenvalue weighted by Crippen LogP contribution is 2.47. The monoisotopic (exact) mass is 410 g/mol. The Labute approximate surface area is 173 Å². The summed E-state index contributed by atoms with van der Waals surface area (Å²) >= 11 is 10.3. The van der Waals surface area contributed by atoms with Crippen LogP contribution < -0.4 is 4.74 Å². The van der Waals surface area contributed by atoms with E-state index in [-0.39, 0.29) is 28.3 Å². The molecular formula is C22H31ClO3S. The molecule has 2 fully saturated rings. The fourth-order valence-electron chi connectivity index (χ4n) is 4.13. The van der Waals surface area contributed by atoms with Crippen molar-refractivity contribution in [1.29, 1.82) is 0 Å². The standard InChI is InChI=1S/C19H25ClO2S.C3H6O/c1-12-15(20)6-7-16(22-14-10-13(11-14)18(21)23)17(12)19(2)8-4-3-5-9-19;1-3(2)4/h6-7,13-14H,3-5,8-11H2,1-2H3,(H,21,23);1-2H3. The second-order valence-corrected chi connectivity index (χ2v) is 9.17. The second-order valence-electron chi connectivity index (χ2n) is 8.32. The number of carbonyl (C=O) groups excluding carboxylic acids is 2. The number of Topliss-reactive ketones (excluding diaryl/α,β-unsaturated/α-hetero) is 1. The third kappa shape index (κ3) is 5.74. The van der Waals surface area contributed by atoms with Crippen LogP contribution in [0.15, 0.2) is 12.1 Å². The molecular weight excluding hydrogens is 380 g/mol. The van der Waals surface area contributed by atoms with Crippen molar-refractivity contribution in [1.82, 2.24) is 0 Å². The van der Waals surface area contributed by atoms with Crippen LogP contribution in [0, 0.1) is 12.8 Å². The van der Waals surface area contributed by atoms with Crippen LogP contribution in [0.5, 0.6) is 5.75 Å². The molecule has 0 bridgehead atoms. The smallest absolute Gasteiger partial charge is 0.189 e. The predicted octanol–water partition coefficient (Wildman–Crippen LogP) is 6.08. The topological polar surface area (TPSA) is 43.4 Å². The molecule has 3 rings (SSSR count). The molecule has 2 saturated carbocycles. The average molecular weight is 411 g/mol. The van der Waals surface area contributed by atoms with Gasteiger partial charge in [-0.2, -0.15) is 0 Å². The molecule has 0 spiro atoms. The zero-order valence-electron chi connectivity index (χ0n) is 16.8. The van der Waals surface area contributed by atoms with Gasteiger partial charge in [-0.1, -0.05) is 37.8 Å². The van der Waals surface area contributed by atoms with Gasteiger partial charge in [-0.15, -0.1) is 12.6 Å². The van der Waals surface area contributed by atoms with Gasteiger partial charge in [-0.05, 0) is 69.6 Å². The maximum absolute atomic E-state index is 11.3. The van der Waals surface area contributed by atoms with Crippen LogP contribution in [-0.2, 0) is 15.0 Å². The molecule has 5 heteroatoms. The number of carbonyl (C=O) groups is 2. The minimum absolute atomic E-state index is 0.0170. The predicted molar refractivity (Wildman–Crippen MR) is 114 cm³/mol. The Bertz CT molecular complexity index is 685. The van der Waals surface area contributed by atoms with E-state index >= 15 is 0 Å². The quantitative estimate of drug-likeness (QED) is 0.611. The summed E-state index contributed by atoms with van der Waals surface area (Å²) in [6, 6.07) is 3.95. The van der Waals surface area contributed by atoms with Crippen molar-refractivity contribution < 1.29 is 14.3 Å². The molecule has 0 heterocycles. The summed E-state index contributed by atoms with van der Waals surface area (Å²) < 4.78 is 6.27. The number of thiol groups is 1. The van der Waals surface area contributed by atoms with Gasteiger partial charge in [0.25, 0.3) is 0 Å². The summed E-state index contributed by atoms with van der Waals surface area (Å²) in [5.41, 5.74) is 2.57. The van der Waals surface area contributed by atoms with Crippen LogP contribution in [0.4, 0.5) is 0 Å². The number of ether oxygens (including phenoxy) is 1. The first-order valence-corrected chi connectivity index (χ1v) is 10.6. The summed E-state index contributed by atoms with van der Waals surface area (Å²) in [7, 11) is 0.